The molecule has 158 valence electrons. The van der Waals surface area contributed by atoms with Crippen molar-refractivity contribution < 1.29 is 14.3 Å². The zero-order chi connectivity index (χ0) is 20.4. The van der Waals surface area contributed by atoms with E-state index in [1.807, 2.05) is 40.1 Å². The van der Waals surface area contributed by atoms with E-state index in [4.69, 9.17) is 4.74 Å². The first kappa shape index (κ1) is 20.3. The molecule has 3 heterocycles. The fourth-order valence-corrected chi connectivity index (χ4v) is 5.19. The van der Waals surface area contributed by atoms with Crippen LogP contribution < -0.4 is 0 Å². The summed E-state index contributed by atoms with van der Waals surface area (Å²) in [5.74, 6) is 0.635. The van der Waals surface area contributed by atoms with Gasteiger partial charge in [0.15, 0.2) is 0 Å². The van der Waals surface area contributed by atoms with E-state index in [1.165, 1.54) is 0 Å². The Kier molecular flexibility index (Phi) is 5.90. The summed E-state index contributed by atoms with van der Waals surface area (Å²) in [5.41, 5.74) is 0.696. The number of hydrogen-bond acceptors (Lipinski definition) is 5. The lowest BCUT2D eigenvalue weighted by molar-refractivity contribution is -0.133. The zero-order valence-corrected chi connectivity index (χ0v) is 17.5. The first-order valence-electron chi connectivity index (χ1n) is 10.5. The number of nitrogens with zero attached hydrogens (tertiary/aromatic N) is 4. The average Bonchev–Trinajstić information content (AvgIpc) is 3.22. The van der Waals surface area contributed by atoms with Gasteiger partial charge in [-0.25, -0.2) is 0 Å². The van der Waals surface area contributed by atoms with Crippen LogP contribution in [0.5, 0.6) is 0 Å². The molecule has 3 aliphatic heterocycles. The van der Waals surface area contributed by atoms with Gasteiger partial charge in [0.1, 0.15) is 0 Å². The predicted octanol–water partition coefficient (Wildman–Crippen LogP) is 0.481. The first-order chi connectivity index (χ1) is 14.0. The second-order valence-corrected chi connectivity index (χ2v) is 9.01. The number of amides is 2. The van der Waals surface area contributed by atoms with Crippen molar-refractivity contribution in [2.45, 2.75) is 0 Å². The smallest absolute Gasteiger partial charge is 0.253 e. The quantitative estimate of drug-likeness (QED) is 0.720. The number of rotatable bonds is 5. The van der Waals surface area contributed by atoms with Crippen molar-refractivity contribution in [3.63, 3.8) is 0 Å². The number of benzene rings is 1. The Morgan fingerprint density at radius 2 is 1.72 bits per heavy atom. The van der Waals surface area contributed by atoms with Crippen LogP contribution in [0.1, 0.15) is 10.4 Å². The Bertz CT molecular complexity index is 735. The third kappa shape index (κ3) is 4.32. The molecule has 0 spiro atoms. The van der Waals surface area contributed by atoms with E-state index in [0.717, 1.165) is 44.8 Å². The second-order valence-electron chi connectivity index (χ2n) is 9.01. The second kappa shape index (κ2) is 8.42. The maximum Gasteiger partial charge on any atom is 0.253 e. The van der Waals surface area contributed by atoms with Gasteiger partial charge in [-0.3, -0.25) is 14.5 Å². The van der Waals surface area contributed by atoms with Gasteiger partial charge in [0.2, 0.25) is 5.91 Å². The summed E-state index contributed by atoms with van der Waals surface area (Å²) in [4.78, 5) is 34.4. The molecule has 0 radical (unpaired) electrons. The van der Waals surface area contributed by atoms with Crippen LogP contribution in [0.2, 0.25) is 0 Å². The first-order valence-corrected chi connectivity index (χ1v) is 10.5. The highest BCUT2D eigenvalue weighted by Crippen LogP contribution is 2.43. The number of carbonyl (C=O) groups excluding carboxylic acids is 2. The number of carbonyl (C=O) groups is 2. The fourth-order valence-electron chi connectivity index (χ4n) is 5.19. The van der Waals surface area contributed by atoms with Gasteiger partial charge in [0.25, 0.3) is 5.91 Å². The average molecular weight is 401 g/mol. The lowest BCUT2D eigenvalue weighted by Crippen LogP contribution is -2.47. The zero-order valence-electron chi connectivity index (χ0n) is 17.5. The van der Waals surface area contributed by atoms with Crippen LogP contribution in [0, 0.1) is 11.3 Å². The van der Waals surface area contributed by atoms with Crippen molar-refractivity contribution in [2.24, 2.45) is 11.3 Å². The van der Waals surface area contributed by atoms with Gasteiger partial charge in [-0.1, -0.05) is 18.2 Å². The summed E-state index contributed by atoms with van der Waals surface area (Å²) in [6, 6.07) is 9.51. The Labute approximate surface area is 173 Å². The molecule has 0 bridgehead atoms. The van der Waals surface area contributed by atoms with Crippen molar-refractivity contribution in [3.05, 3.63) is 35.9 Å². The van der Waals surface area contributed by atoms with E-state index in [-0.39, 0.29) is 17.2 Å². The van der Waals surface area contributed by atoms with Gasteiger partial charge >= 0.3 is 0 Å². The number of fused-ring (bicyclic) bond motifs is 1. The van der Waals surface area contributed by atoms with Crippen LogP contribution in [0.15, 0.2) is 30.3 Å². The number of likely N-dealkylation sites (tertiary alicyclic amines) is 2. The summed E-state index contributed by atoms with van der Waals surface area (Å²) < 4.78 is 5.39. The van der Waals surface area contributed by atoms with Gasteiger partial charge in [0.05, 0.1) is 19.8 Å². The van der Waals surface area contributed by atoms with Crippen molar-refractivity contribution in [2.75, 3.05) is 79.7 Å². The molecule has 2 atom stereocenters. The number of hydrogen-bond donors (Lipinski definition) is 0. The van der Waals surface area contributed by atoms with E-state index < -0.39 is 0 Å². The summed E-state index contributed by atoms with van der Waals surface area (Å²) in [6.45, 7) is 7.34. The van der Waals surface area contributed by atoms with Gasteiger partial charge in [-0.15, -0.1) is 0 Å². The molecule has 0 N–H and O–H groups in total. The van der Waals surface area contributed by atoms with E-state index in [1.54, 1.807) is 0 Å². The van der Waals surface area contributed by atoms with E-state index in [0.29, 0.717) is 32.2 Å². The standard InChI is InChI=1S/C22H32N4O3/c1-23(2)15-22-16-25(20(27)14-24-8-10-29-11-9-24)12-19(22)13-26(17-22)21(28)18-6-4-3-5-7-18/h3-7,19H,8-17H2,1-2H3/t19-,22+/m0/s1. The molecule has 0 aromatic heterocycles. The molecule has 7 nitrogen and oxygen atoms in total. The summed E-state index contributed by atoms with van der Waals surface area (Å²) in [6.07, 6.45) is 0. The van der Waals surface area contributed by atoms with Crippen LogP contribution in [0.25, 0.3) is 0 Å². The van der Waals surface area contributed by atoms with Gasteiger partial charge < -0.3 is 19.4 Å². The molecule has 3 saturated heterocycles. The SMILES string of the molecule is CN(C)C[C@]12CN(C(=O)CN3CCOCC3)C[C@H]1CN(C(=O)c1ccccc1)C2. The van der Waals surface area contributed by atoms with Gasteiger partial charge in [-0.05, 0) is 26.2 Å². The highest BCUT2D eigenvalue weighted by molar-refractivity contribution is 5.94. The minimum absolute atomic E-state index is 0.0470. The third-order valence-corrected chi connectivity index (χ3v) is 6.51. The third-order valence-electron chi connectivity index (χ3n) is 6.51. The van der Waals surface area contributed by atoms with Gasteiger partial charge in [-0.2, -0.15) is 0 Å². The maximum absolute atomic E-state index is 13.0. The van der Waals surface area contributed by atoms with Crippen LogP contribution >= 0.6 is 0 Å². The van der Waals surface area contributed by atoms with Crippen LogP contribution in [0.3, 0.4) is 0 Å². The lowest BCUT2D eigenvalue weighted by Gasteiger charge is -2.33. The molecular formula is C22H32N4O3. The molecule has 7 heteroatoms. The fraction of sp³-hybridized carbons (Fsp3) is 0.636. The maximum atomic E-state index is 13.0. The molecule has 3 aliphatic rings. The molecular weight excluding hydrogens is 368 g/mol. The summed E-state index contributed by atoms with van der Waals surface area (Å²) in [5, 5.41) is 0. The summed E-state index contributed by atoms with van der Waals surface area (Å²) in [7, 11) is 4.15. The Balaban J connectivity index is 1.44. The highest BCUT2D eigenvalue weighted by atomic mass is 16.5. The van der Waals surface area contributed by atoms with Crippen LogP contribution in [0.4, 0.5) is 0 Å². The molecule has 4 rings (SSSR count). The number of ether oxygens (including phenoxy) is 1. The largest absolute Gasteiger partial charge is 0.379 e. The van der Waals surface area contributed by atoms with Crippen molar-refractivity contribution in [1.29, 1.82) is 0 Å². The van der Waals surface area contributed by atoms with E-state index >= 15 is 0 Å². The van der Waals surface area contributed by atoms with Crippen molar-refractivity contribution in [1.82, 2.24) is 19.6 Å². The lowest BCUT2D eigenvalue weighted by atomic mass is 9.80. The number of morpholine rings is 1. The molecule has 29 heavy (non-hydrogen) atoms. The molecule has 2 amide bonds. The normalized spacial score (nSPS) is 27.5. The molecule has 0 unspecified atom stereocenters. The van der Waals surface area contributed by atoms with Crippen molar-refractivity contribution in [3.8, 4) is 0 Å². The summed E-state index contributed by atoms with van der Waals surface area (Å²) >= 11 is 0. The van der Waals surface area contributed by atoms with Crippen molar-refractivity contribution >= 4 is 11.8 Å². The molecule has 0 saturated carbocycles. The Morgan fingerprint density at radius 3 is 2.41 bits per heavy atom. The Morgan fingerprint density at radius 1 is 1.07 bits per heavy atom. The van der Waals surface area contributed by atoms with Crippen LogP contribution in [-0.2, 0) is 9.53 Å². The predicted molar refractivity (Wildman–Crippen MR) is 111 cm³/mol. The van der Waals surface area contributed by atoms with Gasteiger partial charge in [0, 0.05) is 62.7 Å². The van der Waals surface area contributed by atoms with E-state index in [9.17, 15) is 9.59 Å². The Hall–Kier alpha value is -1.96. The molecule has 1 aromatic rings. The molecule has 0 aliphatic carbocycles. The van der Waals surface area contributed by atoms with E-state index in [2.05, 4.69) is 23.9 Å². The highest BCUT2D eigenvalue weighted by Gasteiger charge is 2.54. The monoisotopic (exact) mass is 400 g/mol. The minimum Gasteiger partial charge on any atom is -0.379 e. The minimum atomic E-state index is -0.0470. The molecule has 3 fully saturated rings. The topological polar surface area (TPSA) is 56.3 Å². The van der Waals surface area contributed by atoms with Crippen LogP contribution in [-0.4, -0.2) is 111 Å². The molecule has 1 aromatic carbocycles.